The average molecular weight is 360 g/mol. The molecule has 27 heavy (non-hydrogen) atoms. The standard InChI is InChI=1S/C22H16O5/c23-16-3-1-2-13-10-14-5-6-15(21(24)20(14)22(25)19(13)16)8-12-4-7-17-18(9-12)27-11-26-17/h1-7,9,23-24H,8,10-11H2. The van der Waals surface area contributed by atoms with E-state index in [1.807, 2.05) is 36.4 Å². The summed E-state index contributed by atoms with van der Waals surface area (Å²) in [4.78, 5) is 13.0. The third kappa shape index (κ3) is 2.43. The van der Waals surface area contributed by atoms with Crippen molar-refractivity contribution >= 4 is 5.78 Å². The Morgan fingerprint density at radius 1 is 0.889 bits per heavy atom. The number of phenolic OH excluding ortho intramolecular Hbond substituents is 2. The number of carbonyl (C=O) groups is 1. The van der Waals surface area contributed by atoms with E-state index in [4.69, 9.17) is 9.47 Å². The van der Waals surface area contributed by atoms with Crippen LogP contribution in [-0.4, -0.2) is 22.8 Å². The predicted octanol–water partition coefficient (Wildman–Crippen LogP) is 3.55. The Hall–Kier alpha value is -3.47. The molecule has 0 atom stereocenters. The van der Waals surface area contributed by atoms with Crippen LogP contribution < -0.4 is 9.47 Å². The second-order valence-corrected chi connectivity index (χ2v) is 6.79. The van der Waals surface area contributed by atoms with Crippen molar-refractivity contribution in [3.05, 3.63) is 81.9 Å². The van der Waals surface area contributed by atoms with Crippen LogP contribution in [0.2, 0.25) is 0 Å². The zero-order valence-corrected chi connectivity index (χ0v) is 14.4. The van der Waals surface area contributed by atoms with Crippen molar-refractivity contribution in [2.75, 3.05) is 6.79 Å². The van der Waals surface area contributed by atoms with E-state index in [0.717, 1.165) is 16.7 Å². The summed E-state index contributed by atoms with van der Waals surface area (Å²) in [5, 5.41) is 20.9. The predicted molar refractivity (Wildman–Crippen MR) is 97.8 cm³/mol. The van der Waals surface area contributed by atoms with Crippen LogP contribution in [0.5, 0.6) is 23.0 Å². The van der Waals surface area contributed by atoms with Crippen molar-refractivity contribution in [3.63, 3.8) is 0 Å². The number of fused-ring (bicyclic) bond motifs is 3. The molecule has 0 amide bonds. The molecular formula is C22H16O5. The van der Waals surface area contributed by atoms with Gasteiger partial charge < -0.3 is 19.7 Å². The molecule has 0 aromatic heterocycles. The topological polar surface area (TPSA) is 76.0 Å². The Kier molecular flexibility index (Phi) is 3.37. The summed E-state index contributed by atoms with van der Waals surface area (Å²) in [5.74, 6) is 0.970. The molecule has 3 aromatic rings. The van der Waals surface area contributed by atoms with Crippen LogP contribution in [0.3, 0.4) is 0 Å². The van der Waals surface area contributed by atoms with Crippen LogP contribution in [0, 0.1) is 0 Å². The highest BCUT2D eigenvalue weighted by atomic mass is 16.7. The summed E-state index contributed by atoms with van der Waals surface area (Å²) in [6, 6.07) is 14.4. The molecule has 5 rings (SSSR count). The van der Waals surface area contributed by atoms with E-state index in [9.17, 15) is 15.0 Å². The molecule has 1 aliphatic heterocycles. The highest BCUT2D eigenvalue weighted by molar-refractivity contribution is 6.15. The summed E-state index contributed by atoms with van der Waals surface area (Å²) in [6.45, 7) is 0.209. The van der Waals surface area contributed by atoms with Crippen LogP contribution >= 0.6 is 0 Å². The van der Waals surface area contributed by atoms with Gasteiger partial charge in [-0.3, -0.25) is 4.79 Å². The molecule has 2 aliphatic rings. The zero-order valence-electron chi connectivity index (χ0n) is 14.4. The molecule has 1 heterocycles. The molecule has 0 spiro atoms. The van der Waals surface area contributed by atoms with Gasteiger partial charge in [0.25, 0.3) is 0 Å². The number of hydrogen-bond donors (Lipinski definition) is 2. The Balaban J connectivity index is 1.54. The van der Waals surface area contributed by atoms with Gasteiger partial charge in [0.15, 0.2) is 11.5 Å². The van der Waals surface area contributed by atoms with Crippen LogP contribution in [0.1, 0.15) is 38.2 Å². The van der Waals surface area contributed by atoms with E-state index < -0.39 is 0 Å². The zero-order chi connectivity index (χ0) is 18.5. The number of hydrogen-bond acceptors (Lipinski definition) is 5. The third-order valence-electron chi connectivity index (χ3n) is 5.14. The number of aromatic hydroxyl groups is 2. The fourth-order valence-electron chi connectivity index (χ4n) is 3.82. The normalized spacial score (nSPS) is 14.0. The fraction of sp³-hybridized carbons (Fsp3) is 0.136. The van der Waals surface area contributed by atoms with E-state index in [0.29, 0.717) is 29.9 Å². The van der Waals surface area contributed by atoms with Crippen LogP contribution in [0.4, 0.5) is 0 Å². The monoisotopic (exact) mass is 360 g/mol. The van der Waals surface area contributed by atoms with E-state index in [-0.39, 0.29) is 35.2 Å². The van der Waals surface area contributed by atoms with Gasteiger partial charge in [0.1, 0.15) is 11.5 Å². The summed E-state index contributed by atoms with van der Waals surface area (Å²) in [6.07, 6.45) is 0.958. The van der Waals surface area contributed by atoms with Gasteiger partial charge in [-0.05, 0) is 46.9 Å². The van der Waals surface area contributed by atoms with Crippen molar-refractivity contribution in [3.8, 4) is 23.0 Å². The summed E-state index contributed by atoms with van der Waals surface area (Å²) in [5.41, 5.74) is 3.70. The molecule has 0 unspecified atom stereocenters. The average Bonchev–Trinajstić information content (AvgIpc) is 3.12. The molecular weight excluding hydrogens is 344 g/mol. The van der Waals surface area contributed by atoms with Crippen molar-refractivity contribution in [2.45, 2.75) is 12.8 Å². The highest BCUT2D eigenvalue weighted by Crippen LogP contribution is 2.39. The molecule has 0 fully saturated rings. The van der Waals surface area contributed by atoms with Crippen molar-refractivity contribution in [1.82, 2.24) is 0 Å². The van der Waals surface area contributed by atoms with Gasteiger partial charge in [-0.25, -0.2) is 0 Å². The van der Waals surface area contributed by atoms with Gasteiger partial charge in [-0.1, -0.05) is 30.3 Å². The van der Waals surface area contributed by atoms with Crippen LogP contribution in [0.15, 0.2) is 48.5 Å². The lowest BCUT2D eigenvalue weighted by Gasteiger charge is -2.21. The highest BCUT2D eigenvalue weighted by Gasteiger charge is 2.29. The fourth-order valence-corrected chi connectivity index (χ4v) is 3.82. The van der Waals surface area contributed by atoms with Crippen LogP contribution in [0.25, 0.3) is 0 Å². The number of ether oxygens (including phenoxy) is 2. The molecule has 0 radical (unpaired) electrons. The molecule has 0 saturated carbocycles. The first-order valence-corrected chi connectivity index (χ1v) is 8.69. The number of phenols is 2. The number of carbonyl (C=O) groups excluding carboxylic acids is 1. The molecule has 0 bridgehead atoms. The van der Waals surface area contributed by atoms with Gasteiger partial charge in [0.2, 0.25) is 12.6 Å². The van der Waals surface area contributed by atoms with Crippen molar-refractivity contribution in [2.24, 2.45) is 0 Å². The lowest BCUT2D eigenvalue weighted by molar-refractivity contribution is 0.102. The minimum absolute atomic E-state index is 0.0240. The molecule has 3 aromatic carbocycles. The number of rotatable bonds is 2. The van der Waals surface area contributed by atoms with Crippen molar-refractivity contribution < 1.29 is 24.5 Å². The van der Waals surface area contributed by atoms with Gasteiger partial charge in [0, 0.05) is 6.42 Å². The van der Waals surface area contributed by atoms with E-state index >= 15 is 0 Å². The molecule has 5 heteroatoms. The second-order valence-electron chi connectivity index (χ2n) is 6.79. The Morgan fingerprint density at radius 3 is 2.59 bits per heavy atom. The Morgan fingerprint density at radius 2 is 1.70 bits per heavy atom. The van der Waals surface area contributed by atoms with E-state index in [1.165, 1.54) is 6.07 Å². The Labute approximate surface area is 155 Å². The molecule has 2 N–H and O–H groups in total. The van der Waals surface area contributed by atoms with Gasteiger partial charge in [-0.2, -0.15) is 0 Å². The quantitative estimate of drug-likeness (QED) is 0.572. The molecule has 5 nitrogen and oxygen atoms in total. The minimum Gasteiger partial charge on any atom is -0.507 e. The summed E-state index contributed by atoms with van der Waals surface area (Å²) >= 11 is 0. The van der Waals surface area contributed by atoms with Crippen molar-refractivity contribution in [1.29, 1.82) is 0 Å². The SMILES string of the molecule is O=C1c2c(O)cccc2Cc2ccc(Cc3ccc4c(c3)OCO4)c(O)c21. The lowest BCUT2D eigenvalue weighted by atomic mass is 9.82. The van der Waals surface area contributed by atoms with Gasteiger partial charge in [0.05, 0.1) is 11.1 Å². The second kappa shape index (κ2) is 5.77. The maximum Gasteiger partial charge on any atom is 0.231 e. The largest absolute Gasteiger partial charge is 0.507 e. The third-order valence-corrected chi connectivity index (χ3v) is 5.14. The molecule has 0 saturated heterocycles. The first-order valence-electron chi connectivity index (χ1n) is 8.69. The lowest BCUT2D eigenvalue weighted by Crippen LogP contribution is -2.16. The number of benzene rings is 3. The van der Waals surface area contributed by atoms with Gasteiger partial charge >= 0.3 is 0 Å². The summed E-state index contributed by atoms with van der Waals surface area (Å²) < 4.78 is 10.7. The first kappa shape index (κ1) is 15.8. The minimum atomic E-state index is -0.339. The molecule has 134 valence electrons. The maximum absolute atomic E-state index is 13.0. The van der Waals surface area contributed by atoms with Crippen LogP contribution in [-0.2, 0) is 12.8 Å². The Bertz CT molecular complexity index is 1100. The number of ketones is 1. The molecule has 1 aliphatic carbocycles. The van der Waals surface area contributed by atoms with E-state index in [2.05, 4.69) is 0 Å². The van der Waals surface area contributed by atoms with E-state index in [1.54, 1.807) is 6.07 Å². The first-order chi connectivity index (χ1) is 13.1. The van der Waals surface area contributed by atoms with Gasteiger partial charge in [-0.15, -0.1) is 0 Å². The maximum atomic E-state index is 13.0. The smallest absolute Gasteiger partial charge is 0.231 e. The summed E-state index contributed by atoms with van der Waals surface area (Å²) in [7, 11) is 0.